The summed E-state index contributed by atoms with van der Waals surface area (Å²) in [6.45, 7) is 8.20. The van der Waals surface area contributed by atoms with Crippen molar-refractivity contribution < 1.29 is 26.0 Å². The molecule has 0 spiro atoms. The number of rotatable bonds is 3. The van der Waals surface area contributed by atoms with Crippen molar-refractivity contribution in [1.29, 1.82) is 5.26 Å². The molecule has 34 heavy (non-hydrogen) atoms. The standard InChI is InChI=1S/C9H11F.C8H6ClN.C7H12F3NO2S/c1-3-8-6-9(10)5-4-7(8)2;1-6-2-3-7(5-10)8(9)4-6;1-6-2-3-11(4-6)14(12,13)5-7(8,9)10/h4-6H,3H2,1-2H3;2-4H,1H3;6H,2-5H2,1H3/t;;6-/m..0/s1. The summed E-state index contributed by atoms with van der Waals surface area (Å²) in [4.78, 5) is 0. The highest BCUT2D eigenvalue weighted by Crippen LogP contribution is 2.24. The molecule has 0 unspecified atom stereocenters. The SMILES string of the molecule is CCc1cc(F)ccc1C.C[C@H]1CCN(S(=O)(=O)CC(F)(F)F)C1.Cc1ccc(C#N)c(Cl)c1. The predicted octanol–water partition coefficient (Wildman–Crippen LogP) is 6.44. The molecule has 1 saturated heterocycles. The van der Waals surface area contributed by atoms with Gasteiger partial charge < -0.3 is 0 Å². The van der Waals surface area contributed by atoms with Gasteiger partial charge in [-0.3, -0.25) is 0 Å². The zero-order chi connectivity index (χ0) is 26.1. The Labute approximate surface area is 204 Å². The molecule has 1 fully saturated rings. The van der Waals surface area contributed by atoms with Crippen LogP contribution in [-0.4, -0.2) is 37.7 Å². The van der Waals surface area contributed by atoms with Crippen LogP contribution in [0.4, 0.5) is 17.6 Å². The minimum Gasteiger partial charge on any atom is -0.212 e. The predicted molar refractivity (Wildman–Crippen MR) is 127 cm³/mol. The summed E-state index contributed by atoms with van der Waals surface area (Å²) in [5, 5.41) is 9.00. The van der Waals surface area contributed by atoms with Crippen molar-refractivity contribution in [3.63, 3.8) is 0 Å². The lowest BCUT2D eigenvalue weighted by atomic mass is 10.1. The molecule has 2 aromatic rings. The van der Waals surface area contributed by atoms with E-state index in [-0.39, 0.29) is 24.8 Å². The van der Waals surface area contributed by atoms with Gasteiger partial charge >= 0.3 is 6.18 Å². The fraction of sp³-hybridized carbons (Fsp3) is 0.458. The number of nitriles is 1. The molecule has 188 valence electrons. The van der Waals surface area contributed by atoms with Gasteiger partial charge in [-0.15, -0.1) is 0 Å². The Hall–Kier alpha value is -2.15. The average molecular weight is 521 g/mol. The van der Waals surface area contributed by atoms with E-state index >= 15 is 0 Å². The smallest absolute Gasteiger partial charge is 0.212 e. The van der Waals surface area contributed by atoms with Crippen LogP contribution in [0, 0.1) is 36.9 Å². The van der Waals surface area contributed by atoms with Gasteiger partial charge in [0.05, 0.1) is 10.6 Å². The van der Waals surface area contributed by atoms with Crippen LogP contribution in [0.15, 0.2) is 36.4 Å². The number of halogens is 5. The van der Waals surface area contributed by atoms with E-state index in [4.69, 9.17) is 16.9 Å². The molecule has 0 radical (unpaired) electrons. The van der Waals surface area contributed by atoms with E-state index in [1.807, 2.05) is 45.9 Å². The number of benzene rings is 2. The van der Waals surface area contributed by atoms with Gasteiger partial charge in [-0.25, -0.2) is 17.1 Å². The molecule has 1 atom stereocenters. The fourth-order valence-corrected chi connectivity index (χ4v) is 4.92. The molecule has 0 N–H and O–H groups in total. The maximum atomic E-state index is 12.5. The molecule has 4 nitrogen and oxygen atoms in total. The molecule has 0 amide bonds. The van der Waals surface area contributed by atoms with Gasteiger partial charge in [0.1, 0.15) is 11.9 Å². The summed E-state index contributed by atoms with van der Waals surface area (Å²) < 4.78 is 71.5. The maximum absolute atomic E-state index is 12.5. The Bertz CT molecular complexity index is 1090. The van der Waals surface area contributed by atoms with E-state index in [1.54, 1.807) is 18.2 Å². The first kappa shape index (κ1) is 29.9. The highest BCUT2D eigenvalue weighted by molar-refractivity contribution is 7.89. The molecular formula is C24H29ClF4N2O2S. The summed E-state index contributed by atoms with van der Waals surface area (Å²) in [5.41, 5.74) is 3.88. The quantitative estimate of drug-likeness (QED) is 0.438. The van der Waals surface area contributed by atoms with E-state index in [1.165, 1.54) is 11.6 Å². The second-order valence-electron chi connectivity index (χ2n) is 8.14. The zero-order valence-corrected chi connectivity index (χ0v) is 21.2. The highest BCUT2D eigenvalue weighted by Gasteiger charge is 2.40. The van der Waals surface area contributed by atoms with E-state index in [0.717, 1.165) is 21.9 Å². The van der Waals surface area contributed by atoms with E-state index in [2.05, 4.69) is 0 Å². The third kappa shape index (κ3) is 10.4. The fourth-order valence-electron chi connectivity index (χ4n) is 3.18. The van der Waals surface area contributed by atoms with Crippen molar-refractivity contribution in [2.45, 2.75) is 46.7 Å². The molecule has 0 saturated carbocycles. The van der Waals surface area contributed by atoms with Crippen molar-refractivity contribution in [3.05, 3.63) is 69.5 Å². The summed E-state index contributed by atoms with van der Waals surface area (Å²) in [6.07, 6.45) is -3.11. The molecule has 0 aromatic heterocycles. The van der Waals surface area contributed by atoms with Crippen LogP contribution >= 0.6 is 11.6 Å². The molecule has 0 aliphatic carbocycles. The Morgan fingerprint density at radius 1 is 1.18 bits per heavy atom. The zero-order valence-electron chi connectivity index (χ0n) is 19.6. The van der Waals surface area contributed by atoms with Crippen LogP contribution in [0.3, 0.4) is 0 Å². The lowest BCUT2D eigenvalue weighted by molar-refractivity contribution is -0.107. The molecule has 0 bridgehead atoms. The van der Waals surface area contributed by atoms with Crippen LogP contribution in [0.25, 0.3) is 0 Å². The minimum atomic E-state index is -4.65. The van der Waals surface area contributed by atoms with Gasteiger partial charge in [-0.1, -0.05) is 37.6 Å². The number of hydrogen-bond acceptors (Lipinski definition) is 3. The summed E-state index contributed by atoms with van der Waals surface area (Å²) in [5.74, 6) is -1.73. The number of sulfonamides is 1. The molecule has 2 aromatic carbocycles. The number of aryl methyl sites for hydroxylation is 3. The van der Waals surface area contributed by atoms with Gasteiger partial charge in [-0.05, 0) is 73.6 Å². The molecular weight excluding hydrogens is 492 g/mol. The number of alkyl halides is 3. The van der Waals surface area contributed by atoms with Gasteiger partial charge in [0.25, 0.3) is 0 Å². The van der Waals surface area contributed by atoms with Crippen molar-refractivity contribution in [1.82, 2.24) is 4.31 Å². The van der Waals surface area contributed by atoms with Crippen LogP contribution in [0.5, 0.6) is 0 Å². The van der Waals surface area contributed by atoms with Crippen molar-refractivity contribution in [3.8, 4) is 6.07 Å². The van der Waals surface area contributed by atoms with Gasteiger partial charge in [0.2, 0.25) is 10.0 Å². The van der Waals surface area contributed by atoms with Crippen molar-refractivity contribution in [2.24, 2.45) is 5.92 Å². The number of nitrogens with zero attached hydrogens (tertiary/aromatic N) is 2. The van der Waals surface area contributed by atoms with E-state index < -0.39 is 22.0 Å². The average Bonchev–Trinajstić information content (AvgIpc) is 3.17. The Morgan fingerprint density at radius 2 is 1.82 bits per heavy atom. The summed E-state index contributed by atoms with van der Waals surface area (Å²) in [6, 6.07) is 12.3. The molecule has 10 heteroatoms. The Morgan fingerprint density at radius 3 is 2.26 bits per heavy atom. The van der Waals surface area contributed by atoms with Crippen LogP contribution in [-0.2, 0) is 16.4 Å². The molecule has 3 rings (SSSR count). The molecule has 1 aliphatic rings. The second-order valence-corrected chi connectivity index (χ2v) is 10.5. The largest absolute Gasteiger partial charge is 0.404 e. The summed E-state index contributed by atoms with van der Waals surface area (Å²) in [7, 11) is -4.14. The second kappa shape index (κ2) is 13.1. The van der Waals surface area contributed by atoms with Crippen molar-refractivity contribution >= 4 is 21.6 Å². The van der Waals surface area contributed by atoms with E-state index in [0.29, 0.717) is 17.0 Å². The normalized spacial score (nSPS) is 16.1. The molecule has 1 heterocycles. The highest BCUT2D eigenvalue weighted by atomic mass is 35.5. The number of hydrogen-bond donors (Lipinski definition) is 0. The Balaban J connectivity index is 0.000000261. The van der Waals surface area contributed by atoms with E-state index in [9.17, 15) is 26.0 Å². The van der Waals surface area contributed by atoms with Gasteiger partial charge in [-0.2, -0.15) is 18.4 Å². The third-order valence-corrected chi connectivity index (χ3v) is 7.19. The minimum absolute atomic E-state index is 0.137. The lowest BCUT2D eigenvalue weighted by Gasteiger charge is -2.16. The van der Waals surface area contributed by atoms with Crippen LogP contribution < -0.4 is 0 Å². The first-order chi connectivity index (χ1) is 15.7. The van der Waals surface area contributed by atoms with Gasteiger partial charge in [0, 0.05) is 13.1 Å². The van der Waals surface area contributed by atoms with Gasteiger partial charge in [0.15, 0.2) is 5.75 Å². The first-order valence-corrected chi connectivity index (χ1v) is 12.6. The Kier molecular flexibility index (Phi) is 11.5. The summed E-state index contributed by atoms with van der Waals surface area (Å²) >= 11 is 5.71. The first-order valence-electron chi connectivity index (χ1n) is 10.6. The maximum Gasteiger partial charge on any atom is 0.404 e. The molecule has 1 aliphatic heterocycles. The van der Waals surface area contributed by atoms with Crippen molar-refractivity contribution in [2.75, 3.05) is 18.8 Å². The third-order valence-electron chi connectivity index (χ3n) is 5.06. The lowest BCUT2D eigenvalue weighted by Crippen LogP contribution is -2.36. The van der Waals surface area contributed by atoms with Crippen LogP contribution in [0.1, 0.15) is 42.5 Å². The topological polar surface area (TPSA) is 61.2 Å². The van der Waals surface area contributed by atoms with Crippen LogP contribution in [0.2, 0.25) is 5.02 Å². The monoisotopic (exact) mass is 520 g/mol.